The molecule has 0 saturated carbocycles. The van der Waals surface area contributed by atoms with Crippen LogP contribution in [-0.4, -0.2) is 74.5 Å². The van der Waals surface area contributed by atoms with Crippen LogP contribution in [0, 0.1) is 0 Å². The molecule has 0 aliphatic carbocycles. The summed E-state index contributed by atoms with van der Waals surface area (Å²) in [7, 11) is 3.60. The van der Waals surface area contributed by atoms with Crippen LogP contribution in [0.25, 0.3) is 0 Å². The van der Waals surface area contributed by atoms with Gasteiger partial charge in [-0.25, -0.2) is 9.59 Å². The number of fused-ring (bicyclic) bond motifs is 1. The van der Waals surface area contributed by atoms with Crippen molar-refractivity contribution < 1.29 is 33.3 Å². The van der Waals surface area contributed by atoms with Gasteiger partial charge in [-0.05, 0) is 44.5 Å². The summed E-state index contributed by atoms with van der Waals surface area (Å²) in [6.07, 6.45) is -1.29. The molecule has 1 fully saturated rings. The fourth-order valence-electron chi connectivity index (χ4n) is 3.27. The summed E-state index contributed by atoms with van der Waals surface area (Å²) in [5, 5.41) is 0. The Labute approximate surface area is 170 Å². The fraction of sp³-hybridized carbons (Fsp3) is 0.600. The Morgan fingerprint density at radius 2 is 2.00 bits per heavy atom. The van der Waals surface area contributed by atoms with E-state index in [1.54, 1.807) is 7.05 Å². The van der Waals surface area contributed by atoms with Gasteiger partial charge < -0.3 is 33.5 Å². The summed E-state index contributed by atoms with van der Waals surface area (Å²) >= 11 is 0. The average molecular weight is 408 g/mol. The lowest BCUT2D eigenvalue weighted by Gasteiger charge is -2.26. The summed E-state index contributed by atoms with van der Waals surface area (Å²) in [6, 6.07) is 5.55. The Balaban J connectivity index is 1.43. The van der Waals surface area contributed by atoms with Crippen molar-refractivity contribution in [2.45, 2.75) is 45.1 Å². The number of ether oxygens (including phenoxy) is 5. The number of benzene rings is 1. The van der Waals surface area contributed by atoms with E-state index in [0.717, 1.165) is 24.3 Å². The first-order valence-electron chi connectivity index (χ1n) is 9.69. The van der Waals surface area contributed by atoms with Crippen molar-refractivity contribution in [1.82, 2.24) is 9.80 Å². The molecule has 3 atom stereocenters. The minimum atomic E-state index is -1.05. The molecule has 3 unspecified atom stereocenters. The zero-order valence-corrected chi connectivity index (χ0v) is 17.3. The number of likely N-dealkylation sites (N-methyl/N-ethyl adjacent to an activating group) is 2. The number of likely N-dealkylation sites (tertiary alicyclic amines) is 1. The molecule has 0 bridgehead atoms. The molecule has 0 spiro atoms. The number of rotatable bonds is 6. The zero-order chi connectivity index (χ0) is 21.0. The topological polar surface area (TPSA) is 86.8 Å². The van der Waals surface area contributed by atoms with Crippen LogP contribution in [0.2, 0.25) is 0 Å². The minimum absolute atomic E-state index is 0.143. The lowest BCUT2D eigenvalue weighted by molar-refractivity contribution is -0.0893. The maximum absolute atomic E-state index is 12.4. The van der Waals surface area contributed by atoms with Crippen LogP contribution in [0.4, 0.5) is 9.59 Å². The molecule has 2 heterocycles. The van der Waals surface area contributed by atoms with Crippen molar-refractivity contribution in [1.29, 1.82) is 0 Å². The van der Waals surface area contributed by atoms with Gasteiger partial charge in [0.05, 0.1) is 0 Å². The maximum atomic E-state index is 12.4. The molecule has 1 aromatic carbocycles. The van der Waals surface area contributed by atoms with Crippen molar-refractivity contribution in [3.8, 4) is 11.5 Å². The second-order valence-electron chi connectivity index (χ2n) is 7.46. The predicted molar refractivity (Wildman–Crippen MR) is 103 cm³/mol. The third kappa shape index (κ3) is 5.66. The van der Waals surface area contributed by atoms with E-state index in [0.29, 0.717) is 18.7 Å². The lowest BCUT2D eigenvalue weighted by Crippen LogP contribution is -2.39. The highest BCUT2D eigenvalue weighted by atomic mass is 16.8. The standard InChI is InChI=1S/C20H28N2O7/c1-13(9-15-5-6-17-18(10-15)26-12-25-17)22(4)19(23)27-14(2)28-20(24)29-16-7-8-21(3)11-16/h5-6,10,13-14,16H,7-9,11-12H2,1-4H3. The molecule has 29 heavy (non-hydrogen) atoms. The monoisotopic (exact) mass is 408 g/mol. The average Bonchev–Trinajstić information content (AvgIpc) is 3.28. The summed E-state index contributed by atoms with van der Waals surface area (Å²) in [6.45, 7) is 5.15. The third-order valence-electron chi connectivity index (χ3n) is 5.06. The number of hydrogen-bond acceptors (Lipinski definition) is 8. The summed E-state index contributed by atoms with van der Waals surface area (Å²) in [4.78, 5) is 27.7. The Morgan fingerprint density at radius 3 is 2.72 bits per heavy atom. The second-order valence-corrected chi connectivity index (χ2v) is 7.46. The lowest BCUT2D eigenvalue weighted by atomic mass is 10.1. The summed E-state index contributed by atoms with van der Waals surface area (Å²) < 4.78 is 26.2. The van der Waals surface area contributed by atoms with Crippen LogP contribution < -0.4 is 9.47 Å². The quantitative estimate of drug-likeness (QED) is 0.524. The van der Waals surface area contributed by atoms with Crippen molar-refractivity contribution in [3.63, 3.8) is 0 Å². The Hall–Kier alpha value is -2.68. The first kappa shape index (κ1) is 21.0. The Kier molecular flexibility index (Phi) is 6.68. The summed E-state index contributed by atoms with van der Waals surface area (Å²) in [5.74, 6) is 1.42. The molecule has 160 valence electrons. The fourth-order valence-corrected chi connectivity index (χ4v) is 3.27. The van der Waals surface area contributed by atoms with E-state index in [2.05, 4.69) is 4.90 Å². The van der Waals surface area contributed by atoms with E-state index in [1.165, 1.54) is 11.8 Å². The van der Waals surface area contributed by atoms with Crippen LogP contribution in [-0.2, 0) is 20.6 Å². The first-order valence-corrected chi connectivity index (χ1v) is 9.69. The molecule has 1 amide bonds. The van der Waals surface area contributed by atoms with E-state index >= 15 is 0 Å². The molecule has 0 aromatic heterocycles. The van der Waals surface area contributed by atoms with Crippen molar-refractivity contribution in [2.24, 2.45) is 0 Å². The smallest absolute Gasteiger partial charge is 0.454 e. The van der Waals surface area contributed by atoms with Crippen LogP contribution in [0.1, 0.15) is 25.8 Å². The van der Waals surface area contributed by atoms with E-state index in [-0.39, 0.29) is 18.9 Å². The van der Waals surface area contributed by atoms with Gasteiger partial charge in [-0.2, -0.15) is 0 Å². The van der Waals surface area contributed by atoms with Crippen molar-refractivity contribution in [3.05, 3.63) is 23.8 Å². The Bertz CT molecular complexity index is 742. The number of carbonyl (C=O) groups is 2. The number of amides is 1. The van der Waals surface area contributed by atoms with Gasteiger partial charge in [0.1, 0.15) is 6.10 Å². The normalized spacial score (nSPS) is 20.1. The Morgan fingerprint density at radius 1 is 1.24 bits per heavy atom. The minimum Gasteiger partial charge on any atom is -0.454 e. The largest absolute Gasteiger partial charge is 0.511 e. The first-order chi connectivity index (χ1) is 13.8. The van der Waals surface area contributed by atoms with Crippen molar-refractivity contribution >= 4 is 12.2 Å². The molecule has 3 rings (SSSR count). The van der Waals surface area contributed by atoms with E-state index in [4.69, 9.17) is 23.7 Å². The number of nitrogens with zero attached hydrogens (tertiary/aromatic N) is 2. The molecule has 1 saturated heterocycles. The van der Waals surface area contributed by atoms with Crippen LogP contribution in [0.5, 0.6) is 11.5 Å². The molecule has 2 aliphatic rings. The van der Waals surface area contributed by atoms with Gasteiger partial charge in [0.25, 0.3) is 0 Å². The molecular formula is C20H28N2O7. The molecule has 2 aliphatic heterocycles. The van der Waals surface area contributed by atoms with Gasteiger partial charge in [-0.3, -0.25) is 0 Å². The third-order valence-corrected chi connectivity index (χ3v) is 5.06. The van der Waals surface area contributed by atoms with Gasteiger partial charge in [0, 0.05) is 33.1 Å². The SMILES string of the molecule is CC(OC(=O)OC1CCN(C)C1)OC(=O)N(C)C(C)Cc1ccc2c(c1)OCO2. The predicted octanol–water partition coefficient (Wildman–Crippen LogP) is 2.62. The van der Waals surface area contributed by atoms with E-state index < -0.39 is 18.5 Å². The summed E-state index contributed by atoms with van der Waals surface area (Å²) in [5.41, 5.74) is 1.01. The second kappa shape index (κ2) is 9.21. The van der Waals surface area contributed by atoms with Gasteiger partial charge >= 0.3 is 12.2 Å². The van der Waals surface area contributed by atoms with Gasteiger partial charge in [0.15, 0.2) is 11.5 Å². The van der Waals surface area contributed by atoms with Crippen molar-refractivity contribution in [2.75, 3.05) is 34.0 Å². The van der Waals surface area contributed by atoms with Crippen LogP contribution in [0.15, 0.2) is 18.2 Å². The molecule has 0 N–H and O–H groups in total. The van der Waals surface area contributed by atoms with Gasteiger partial charge in [0.2, 0.25) is 13.1 Å². The van der Waals surface area contributed by atoms with E-state index in [1.807, 2.05) is 32.2 Å². The van der Waals surface area contributed by atoms with E-state index in [9.17, 15) is 9.59 Å². The number of carbonyl (C=O) groups excluding carboxylic acids is 2. The maximum Gasteiger partial charge on any atom is 0.511 e. The van der Waals surface area contributed by atoms with Crippen LogP contribution >= 0.6 is 0 Å². The van der Waals surface area contributed by atoms with Crippen LogP contribution in [0.3, 0.4) is 0 Å². The highest BCUT2D eigenvalue weighted by molar-refractivity contribution is 5.68. The highest BCUT2D eigenvalue weighted by Crippen LogP contribution is 2.33. The molecule has 9 heteroatoms. The van der Waals surface area contributed by atoms with Gasteiger partial charge in [-0.1, -0.05) is 6.07 Å². The molecule has 9 nitrogen and oxygen atoms in total. The molecule has 1 aromatic rings. The molecule has 0 radical (unpaired) electrons. The number of hydrogen-bond donors (Lipinski definition) is 0. The highest BCUT2D eigenvalue weighted by Gasteiger charge is 2.26. The zero-order valence-electron chi connectivity index (χ0n) is 17.3. The van der Waals surface area contributed by atoms with Gasteiger partial charge in [-0.15, -0.1) is 0 Å². The molecular weight excluding hydrogens is 380 g/mol.